The molecule has 0 spiro atoms. The molecule has 1 aromatic carbocycles. The van der Waals surface area contributed by atoms with E-state index in [1.54, 1.807) is 0 Å². The molecule has 2 aromatic rings. The van der Waals surface area contributed by atoms with Crippen LogP contribution in [-0.4, -0.2) is 12.5 Å². The Hall–Kier alpha value is -1.81. The molecule has 0 unspecified atom stereocenters. The molecular weight excluding hydrogens is 316 g/mol. The van der Waals surface area contributed by atoms with Gasteiger partial charge in [0.15, 0.2) is 0 Å². The quantitative estimate of drug-likeness (QED) is 0.848. The maximum atomic E-state index is 12.1. The highest BCUT2D eigenvalue weighted by atomic mass is 32.1. The Labute approximate surface area is 148 Å². The van der Waals surface area contributed by atoms with E-state index in [4.69, 9.17) is 0 Å². The van der Waals surface area contributed by atoms with Crippen LogP contribution in [0.3, 0.4) is 0 Å². The molecule has 0 fully saturated rings. The van der Waals surface area contributed by atoms with Gasteiger partial charge in [0.25, 0.3) is 0 Å². The molecular formula is C20H26N2OS. The number of carbonyl (C=O) groups is 1. The Bertz CT molecular complexity index is 742. The minimum atomic E-state index is 0.0104. The maximum absolute atomic E-state index is 12.1. The van der Waals surface area contributed by atoms with Crippen molar-refractivity contribution < 1.29 is 4.79 Å². The van der Waals surface area contributed by atoms with Gasteiger partial charge >= 0.3 is 0 Å². The van der Waals surface area contributed by atoms with Gasteiger partial charge in [-0.15, -0.1) is 11.3 Å². The average molecular weight is 343 g/mol. The van der Waals surface area contributed by atoms with Crippen molar-refractivity contribution in [3.05, 3.63) is 45.6 Å². The number of anilines is 2. The molecule has 1 aliphatic heterocycles. The Morgan fingerprint density at radius 3 is 2.71 bits per heavy atom. The summed E-state index contributed by atoms with van der Waals surface area (Å²) >= 11 is 1.87. The highest BCUT2D eigenvalue weighted by Gasteiger charge is 2.21. The minimum Gasteiger partial charge on any atom is -0.366 e. The first-order valence-electron chi connectivity index (χ1n) is 8.53. The number of hydrogen-bond donors (Lipinski definition) is 1. The average Bonchev–Trinajstić information content (AvgIpc) is 3.04. The normalized spacial score (nSPS) is 13.9. The first kappa shape index (κ1) is 17.0. The SMILES string of the molecule is Cc1ccc(CN2CCc3cc(NC(=O)CC(C)(C)C)ccc32)s1. The van der Waals surface area contributed by atoms with Crippen molar-refractivity contribution in [2.45, 2.75) is 47.1 Å². The van der Waals surface area contributed by atoms with Crippen LogP contribution in [0.1, 0.15) is 42.5 Å². The van der Waals surface area contributed by atoms with E-state index in [2.05, 4.69) is 62.2 Å². The van der Waals surface area contributed by atoms with E-state index in [0.29, 0.717) is 6.42 Å². The maximum Gasteiger partial charge on any atom is 0.224 e. The molecule has 3 rings (SSSR count). The lowest BCUT2D eigenvalue weighted by atomic mass is 9.92. The van der Waals surface area contributed by atoms with Crippen LogP contribution < -0.4 is 10.2 Å². The predicted molar refractivity (Wildman–Crippen MR) is 103 cm³/mol. The van der Waals surface area contributed by atoms with Crippen LogP contribution in [0.5, 0.6) is 0 Å². The molecule has 4 heteroatoms. The van der Waals surface area contributed by atoms with E-state index < -0.39 is 0 Å². The van der Waals surface area contributed by atoms with Crippen molar-refractivity contribution in [1.82, 2.24) is 0 Å². The highest BCUT2D eigenvalue weighted by molar-refractivity contribution is 7.11. The zero-order valence-corrected chi connectivity index (χ0v) is 15.8. The van der Waals surface area contributed by atoms with Gasteiger partial charge in [-0.1, -0.05) is 20.8 Å². The second-order valence-electron chi connectivity index (χ2n) is 7.81. The van der Waals surface area contributed by atoms with Crippen LogP contribution in [0.2, 0.25) is 0 Å². The summed E-state index contributed by atoms with van der Waals surface area (Å²) in [6.07, 6.45) is 1.58. The monoisotopic (exact) mass is 342 g/mol. The van der Waals surface area contributed by atoms with Crippen LogP contribution in [0.15, 0.2) is 30.3 Å². The molecule has 0 saturated carbocycles. The number of rotatable bonds is 4. The fourth-order valence-electron chi connectivity index (χ4n) is 3.16. The van der Waals surface area contributed by atoms with E-state index in [1.807, 2.05) is 17.4 Å². The molecule has 0 radical (unpaired) electrons. The van der Waals surface area contributed by atoms with Gasteiger partial charge in [0, 0.05) is 34.1 Å². The number of aryl methyl sites for hydroxylation is 1. The summed E-state index contributed by atoms with van der Waals surface area (Å²) in [6, 6.07) is 10.7. The third kappa shape index (κ3) is 4.18. The molecule has 1 N–H and O–H groups in total. The first-order chi connectivity index (χ1) is 11.3. The number of nitrogens with zero attached hydrogens (tertiary/aromatic N) is 1. The number of thiophene rings is 1. The third-order valence-electron chi connectivity index (χ3n) is 4.19. The molecule has 2 heterocycles. The Morgan fingerprint density at radius 2 is 2.04 bits per heavy atom. The smallest absolute Gasteiger partial charge is 0.224 e. The van der Waals surface area contributed by atoms with Gasteiger partial charge in [-0.05, 0) is 54.7 Å². The number of nitrogens with one attached hydrogen (secondary N) is 1. The molecule has 0 aliphatic carbocycles. The first-order valence-corrected chi connectivity index (χ1v) is 9.35. The largest absolute Gasteiger partial charge is 0.366 e. The lowest BCUT2D eigenvalue weighted by Gasteiger charge is -2.19. The number of carbonyl (C=O) groups excluding carboxylic acids is 1. The standard InChI is InChI=1S/C20H26N2OS/c1-14-5-7-17(24-14)13-22-10-9-15-11-16(6-8-18(15)22)21-19(23)12-20(2,3)4/h5-8,11H,9-10,12-13H2,1-4H3,(H,21,23). The summed E-state index contributed by atoms with van der Waals surface area (Å²) in [5, 5.41) is 3.04. The lowest BCUT2D eigenvalue weighted by molar-refractivity contribution is -0.117. The molecule has 128 valence electrons. The number of hydrogen-bond acceptors (Lipinski definition) is 3. The van der Waals surface area contributed by atoms with Crippen molar-refractivity contribution in [1.29, 1.82) is 0 Å². The topological polar surface area (TPSA) is 32.3 Å². The summed E-state index contributed by atoms with van der Waals surface area (Å²) < 4.78 is 0. The number of amides is 1. The van der Waals surface area contributed by atoms with E-state index in [-0.39, 0.29) is 11.3 Å². The van der Waals surface area contributed by atoms with Crippen molar-refractivity contribution >= 4 is 28.6 Å². The molecule has 1 aliphatic rings. The van der Waals surface area contributed by atoms with Crippen LogP contribution in [0.25, 0.3) is 0 Å². The predicted octanol–water partition coefficient (Wildman–Crippen LogP) is 4.99. The molecule has 0 atom stereocenters. The van der Waals surface area contributed by atoms with Gasteiger partial charge in [-0.3, -0.25) is 4.79 Å². The zero-order valence-electron chi connectivity index (χ0n) is 15.0. The van der Waals surface area contributed by atoms with Crippen LogP contribution in [0.4, 0.5) is 11.4 Å². The summed E-state index contributed by atoms with van der Waals surface area (Å²) in [7, 11) is 0. The van der Waals surface area contributed by atoms with Gasteiger partial charge in [0.05, 0.1) is 6.54 Å². The molecule has 0 bridgehead atoms. The van der Waals surface area contributed by atoms with Gasteiger partial charge in [0.1, 0.15) is 0 Å². The molecule has 1 amide bonds. The van der Waals surface area contributed by atoms with E-state index in [1.165, 1.54) is 21.0 Å². The van der Waals surface area contributed by atoms with Crippen molar-refractivity contribution in [3.63, 3.8) is 0 Å². The Morgan fingerprint density at radius 1 is 1.25 bits per heavy atom. The van der Waals surface area contributed by atoms with Crippen LogP contribution in [0, 0.1) is 12.3 Å². The van der Waals surface area contributed by atoms with Crippen molar-refractivity contribution in [2.75, 3.05) is 16.8 Å². The van der Waals surface area contributed by atoms with E-state index in [0.717, 1.165) is 25.2 Å². The molecule has 1 aromatic heterocycles. The summed E-state index contributed by atoms with van der Waals surface area (Å²) in [6.45, 7) is 10.4. The van der Waals surface area contributed by atoms with Gasteiger partial charge < -0.3 is 10.2 Å². The van der Waals surface area contributed by atoms with Crippen molar-refractivity contribution in [3.8, 4) is 0 Å². The number of fused-ring (bicyclic) bond motifs is 1. The Kier molecular flexibility index (Phi) is 4.68. The molecule has 24 heavy (non-hydrogen) atoms. The minimum absolute atomic E-state index is 0.0104. The van der Waals surface area contributed by atoms with E-state index >= 15 is 0 Å². The van der Waals surface area contributed by atoms with Crippen LogP contribution >= 0.6 is 11.3 Å². The van der Waals surface area contributed by atoms with Gasteiger partial charge in [-0.25, -0.2) is 0 Å². The third-order valence-corrected chi connectivity index (χ3v) is 5.17. The fourth-order valence-corrected chi connectivity index (χ4v) is 4.06. The number of benzene rings is 1. The lowest BCUT2D eigenvalue weighted by Crippen LogP contribution is -2.20. The summed E-state index contributed by atoms with van der Waals surface area (Å²) in [5.74, 6) is 0.0892. The van der Waals surface area contributed by atoms with Crippen molar-refractivity contribution in [2.24, 2.45) is 5.41 Å². The molecule has 3 nitrogen and oxygen atoms in total. The highest BCUT2D eigenvalue weighted by Crippen LogP contribution is 2.33. The zero-order chi connectivity index (χ0) is 17.3. The summed E-state index contributed by atoms with van der Waals surface area (Å²) in [4.78, 5) is 17.3. The second-order valence-corrected chi connectivity index (χ2v) is 9.19. The molecule has 0 saturated heterocycles. The van der Waals surface area contributed by atoms with Gasteiger partial charge in [-0.2, -0.15) is 0 Å². The second kappa shape index (κ2) is 6.60. The Balaban J connectivity index is 1.68. The fraction of sp³-hybridized carbons (Fsp3) is 0.450. The summed E-state index contributed by atoms with van der Waals surface area (Å²) in [5.41, 5.74) is 3.56. The van der Waals surface area contributed by atoms with Crippen LogP contribution in [-0.2, 0) is 17.8 Å². The van der Waals surface area contributed by atoms with Gasteiger partial charge in [0.2, 0.25) is 5.91 Å². The van der Waals surface area contributed by atoms with E-state index in [9.17, 15) is 4.79 Å².